The normalized spacial score (nSPS) is 32.5. The highest BCUT2D eigenvalue weighted by Gasteiger charge is 2.55. The molecule has 196 valence electrons. The van der Waals surface area contributed by atoms with Crippen molar-refractivity contribution in [2.45, 2.75) is 110 Å². The SMILES string of the molecule is C=CC(C)(C)c1[nH]c2ccccc2c1C[C@@H]1CC[C@@H]2C(=CC[C@@H]3O[C@@H](C(C)(C)O)CC[C@]32C)C1(C)C. The Morgan fingerprint density at radius 2 is 1.83 bits per heavy atom. The summed E-state index contributed by atoms with van der Waals surface area (Å²) in [6.45, 7) is 19.9. The molecule has 0 amide bonds. The first-order chi connectivity index (χ1) is 16.8. The zero-order valence-electron chi connectivity index (χ0n) is 23.6. The van der Waals surface area contributed by atoms with E-state index in [1.54, 1.807) is 5.57 Å². The van der Waals surface area contributed by atoms with Crippen LogP contribution in [0.15, 0.2) is 48.6 Å². The second-order valence-electron chi connectivity index (χ2n) is 13.9. The van der Waals surface area contributed by atoms with Crippen molar-refractivity contribution in [3.63, 3.8) is 0 Å². The number of hydrogen-bond acceptors (Lipinski definition) is 2. The highest BCUT2D eigenvalue weighted by molar-refractivity contribution is 5.85. The second-order valence-corrected chi connectivity index (χ2v) is 13.9. The van der Waals surface area contributed by atoms with E-state index in [0.29, 0.717) is 11.8 Å². The van der Waals surface area contributed by atoms with Crippen LogP contribution in [0.2, 0.25) is 0 Å². The number of hydrogen-bond donors (Lipinski definition) is 2. The van der Waals surface area contributed by atoms with Crippen LogP contribution in [0.25, 0.3) is 10.9 Å². The first-order valence-electron chi connectivity index (χ1n) is 14.1. The van der Waals surface area contributed by atoms with Gasteiger partial charge < -0.3 is 14.8 Å². The number of para-hydroxylation sites is 1. The molecule has 0 unspecified atom stereocenters. The number of H-pyrrole nitrogens is 1. The van der Waals surface area contributed by atoms with Crippen molar-refractivity contribution in [1.29, 1.82) is 0 Å². The van der Waals surface area contributed by atoms with Gasteiger partial charge in [-0.05, 0) is 81.3 Å². The Morgan fingerprint density at radius 1 is 1.11 bits per heavy atom. The average molecular weight is 490 g/mol. The zero-order valence-corrected chi connectivity index (χ0v) is 23.6. The van der Waals surface area contributed by atoms with Gasteiger partial charge in [0.25, 0.3) is 0 Å². The molecular weight excluding hydrogens is 442 g/mol. The Morgan fingerprint density at radius 3 is 2.53 bits per heavy atom. The van der Waals surface area contributed by atoms with Crippen LogP contribution in [0.3, 0.4) is 0 Å². The lowest BCUT2D eigenvalue weighted by atomic mass is 9.50. The number of rotatable bonds is 5. The van der Waals surface area contributed by atoms with E-state index in [2.05, 4.69) is 82.6 Å². The molecule has 0 radical (unpaired) electrons. The van der Waals surface area contributed by atoms with Gasteiger partial charge in [0.2, 0.25) is 0 Å². The molecule has 1 aromatic carbocycles. The van der Waals surface area contributed by atoms with Crippen LogP contribution in [-0.4, -0.2) is 27.9 Å². The Hall–Kier alpha value is -1.84. The lowest BCUT2D eigenvalue weighted by Crippen LogP contribution is -2.56. The van der Waals surface area contributed by atoms with Gasteiger partial charge in [0.15, 0.2) is 0 Å². The fourth-order valence-electron chi connectivity index (χ4n) is 7.83. The third-order valence-electron chi connectivity index (χ3n) is 10.5. The van der Waals surface area contributed by atoms with E-state index in [1.807, 2.05) is 13.8 Å². The number of aromatic amines is 1. The van der Waals surface area contributed by atoms with Crippen LogP contribution in [0.1, 0.15) is 91.8 Å². The third-order valence-corrected chi connectivity index (χ3v) is 10.5. The summed E-state index contributed by atoms with van der Waals surface area (Å²) in [7, 11) is 0. The summed E-state index contributed by atoms with van der Waals surface area (Å²) in [5.74, 6) is 1.16. The monoisotopic (exact) mass is 489 g/mol. The van der Waals surface area contributed by atoms with Gasteiger partial charge in [0.1, 0.15) is 0 Å². The van der Waals surface area contributed by atoms with Crippen molar-refractivity contribution in [2.75, 3.05) is 0 Å². The molecule has 2 N–H and O–H groups in total. The molecule has 1 saturated heterocycles. The molecule has 1 saturated carbocycles. The second kappa shape index (κ2) is 8.60. The van der Waals surface area contributed by atoms with Crippen molar-refractivity contribution < 1.29 is 9.84 Å². The Bertz CT molecular complexity index is 1180. The largest absolute Gasteiger partial charge is 0.388 e. The van der Waals surface area contributed by atoms with Gasteiger partial charge in [-0.3, -0.25) is 0 Å². The number of aromatic nitrogens is 1. The van der Waals surface area contributed by atoms with Gasteiger partial charge in [-0.25, -0.2) is 0 Å². The minimum atomic E-state index is -0.779. The predicted molar refractivity (Wildman–Crippen MR) is 150 cm³/mol. The maximum atomic E-state index is 10.6. The van der Waals surface area contributed by atoms with E-state index in [0.717, 1.165) is 25.7 Å². The average Bonchev–Trinajstić information content (AvgIpc) is 3.19. The standard InChI is InChI=1S/C33H47NO2/c1-9-30(2,3)29-23(22-12-10-11-13-26(22)34-29)20-21-14-15-25-24(31(21,4)5)16-17-28-33(25,8)19-18-27(36-28)32(6,7)35/h9-13,16,21,25,27-28,34-35H,1,14-15,17-20H2,2-8H3/t21-,25+,27+,28-,33-/m0/s1. The van der Waals surface area contributed by atoms with E-state index in [9.17, 15) is 5.11 Å². The fourth-order valence-corrected chi connectivity index (χ4v) is 7.83. The van der Waals surface area contributed by atoms with Gasteiger partial charge in [-0.15, -0.1) is 6.58 Å². The van der Waals surface area contributed by atoms with E-state index in [1.165, 1.54) is 35.0 Å². The van der Waals surface area contributed by atoms with Crippen molar-refractivity contribution in [2.24, 2.45) is 22.7 Å². The van der Waals surface area contributed by atoms with Crippen LogP contribution in [-0.2, 0) is 16.6 Å². The van der Waals surface area contributed by atoms with Gasteiger partial charge in [-0.1, -0.05) is 70.5 Å². The first kappa shape index (κ1) is 25.8. The summed E-state index contributed by atoms with van der Waals surface area (Å²) in [4.78, 5) is 3.77. The molecule has 2 heterocycles. The minimum absolute atomic E-state index is 0.0663. The fraction of sp³-hybridized carbons (Fsp3) is 0.636. The number of fused-ring (bicyclic) bond motifs is 4. The number of nitrogens with one attached hydrogen (secondary N) is 1. The van der Waals surface area contributed by atoms with Gasteiger partial charge >= 0.3 is 0 Å². The maximum absolute atomic E-state index is 10.6. The highest BCUT2D eigenvalue weighted by Crippen LogP contribution is 2.61. The van der Waals surface area contributed by atoms with E-state index in [4.69, 9.17) is 4.74 Å². The molecule has 5 rings (SSSR count). The van der Waals surface area contributed by atoms with Gasteiger partial charge in [0, 0.05) is 27.4 Å². The third kappa shape index (κ3) is 4.02. The molecule has 5 atom stereocenters. The molecule has 1 aliphatic heterocycles. The number of allylic oxidation sites excluding steroid dienone is 2. The van der Waals surface area contributed by atoms with E-state index < -0.39 is 5.60 Å². The Balaban J connectivity index is 1.47. The molecule has 2 aromatic rings. The predicted octanol–water partition coefficient (Wildman–Crippen LogP) is 7.88. The molecule has 3 aliphatic rings. The van der Waals surface area contributed by atoms with Gasteiger partial charge in [0.05, 0.1) is 17.8 Å². The molecule has 3 nitrogen and oxygen atoms in total. The molecule has 36 heavy (non-hydrogen) atoms. The summed E-state index contributed by atoms with van der Waals surface area (Å²) in [6, 6.07) is 8.78. The lowest BCUT2D eigenvalue weighted by molar-refractivity contribution is -0.199. The van der Waals surface area contributed by atoms with Crippen LogP contribution in [0.4, 0.5) is 0 Å². The Labute approximate surface area is 218 Å². The Kier molecular flexibility index (Phi) is 6.16. The molecule has 2 fully saturated rings. The summed E-state index contributed by atoms with van der Waals surface area (Å²) in [6.07, 6.45) is 11.3. The van der Waals surface area contributed by atoms with Gasteiger partial charge in [-0.2, -0.15) is 0 Å². The van der Waals surface area contributed by atoms with Crippen LogP contribution in [0, 0.1) is 22.7 Å². The maximum Gasteiger partial charge on any atom is 0.0860 e. The van der Waals surface area contributed by atoms with Crippen molar-refractivity contribution in [3.8, 4) is 0 Å². The molecular formula is C33H47NO2. The molecule has 3 heteroatoms. The molecule has 1 aromatic heterocycles. The minimum Gasteiger partial charge on any atom is -0.388 e. The number of aliphatic hydroxyl groups is 1. The zero-order chi connectivity index (χ0) is 26.1. The molecule has 2 aliphatic carbocycles. The summed E-state index contributed by atoms with van der Waals surface area (Å²) in [5.41, 5.74) is 5.10. The number of benzene rings is 1. The van der Waals surface area contributed by atoms with Crippen molar-refractivity contribution in [1.82, 2.24) is 4.98 Å². The summed E-state index contributed by atoms with van der Waals surface area (Å²) in [5, 5.41) is 12.0. The summed E-state index contributed by atoms with van der Waals surface area (Å²) >= 11 is 0. The van der Waals surface area contributed by atoms with Crippen LogP contribution in [0.5, 0.6) is 0 Å². The quantitative estimate of drug-likeness (QED) is 0.420. The number of ether oxygens (including phenoxy) is 1. The highest BCUT2D eigenvalue weighted by atomic mass is 16.5. The van der Waals surface area contributed by atoms with Crippen molar-refractivity contribution in [3.05, 3.63) is 59.8 Å². The molecule has 0 bridgehead atoms. The van der Waals surface area contributed by atoms with Crippen LogP contribution < -0.4 is 0 Å². The topological polar surface area (TPSA) is 45.2 Å². The van der Waals surface area contributed by atoms with E-state index >= 15 is 0 Å². The van der Waals surface area contributed by atoms with Crippen LogP contribution >= 0.6 is 0 Å². The smallest absolute Gasteiger partial charge is 0.0860 e. The van der Waals surface area contributed by atoms with Crippen molar-refractivity contribution >= 4 is 10.9 Å². The first-order valence-corrected chi connectivity index (χ1v) is 14.1. The molecule has 0 spiro atoms. The lowest BCUT2D eigenvalue weighted by Gasteiger charge is -2.58. The van der Waals surface area contributed by atoms with E-state index in [-0.39, 0.29) is 28.5 Å². The summed E-state index contributed by atoms with van der Waals surface area (Å²) < 4.78 is 6.59.